The molecule has 2 aromatic carbocycles. The molecule has 0 aliphatic rings. The van der Waals surface area contributed by atoms with Crippen LogP contribution in [-0.2, 0) is 16.2 Å². The van der Waals surface area contributed by atoms with E-state index in [1.165, 1.54) is 6.07 Å². The van der Waals surface area contributed by atoms with Crippen LogP contribution in [0.5, 0.6) is 0 Å². The van der Waals surface area contributed by atoms with E-state index in [1.807, 2.05) is 0 Å². The summed E-state index contributed by atoms with van der Waals surface area (Å²) in [6, 6.07) is 4.67. The largest absolute Gasteiger partial charge is 0.416 e. The van der Waals surface area contributed by atoms with E-state index in [1.54, 1.807) is 4.72 Å². The van der Waals surface area contributed by atoms with Crippen molar-refractivity contribution < 1.29 is 26.0 Å². The molecule has 3 nitrogen and oxygen atoms in total. The summed E-state index contributed by atoms with van der Waals surface area (Å²) >= 11 is 11.3. The SMILES string of the molecule is O=S(=O)(Nc1cc(C(F)(F)F)ccc1F)c1ccc(Cl)c(Cl)c1. The van der Waals surface area contributed by atoms with Gasteiger partial charge in [0.1, 0.15) is 5.82 Å². The minimum absolute atomic E-state index is 0.0703. The Labute approximate surface area is 138 Å². The van der Waals surface area contributed by atoms with Gasteiger partial charge in [0.05, 0.1) is 26.2 Å². The second-order valence-electron chi connectivity index (χ2n) is 4.37. The number of benzene rings is 2. The third-order valence-electron chi connectivity index (χ3n) is 2.74. The van der Waals surface area contributed by atoms with Crippen molar-refractivity contribution in [3.63, 3.8) is 0 Å². The van der Waals surface area contributed by atoms with Gasteiger partial charge in [-0.3, -0.25) is 4.72 Å². The topological polar surface area (TPSA) is 46.2 Å². The fourth-order valence-corrected chi connectivity index (χ4v) is 3.07. The molecule has 10 heteroatoms. The van der Waals surface area contributed by atoms with Gasteiger partial charge >= 0.3 is 6.18 Å². The monoisotopic (exact) mass is 387 g/mol. The zero-order valence-corrected chi connectivity index (χ0v) is 13.3. The Balaban J connectivity index is 2.42. The molecular formula is C13H7Cl2F4NO2S. The first-order valence-electron chi connectivity index (χ1n) is 5.85. The molecule has 0 heterocycles. The highest BCUT2D eigenvalue weighted by Gasteiger charge is 2.31. The molecule has 124 valence electrons. The highest BCUT2D eigenvalue weighted by Crippen LogP contribution is 2.33. The first-order valence-corrected chi connectivity index (χ1v) is 8.09. The van der Waals surface area contributed by atoms with E-state index >= 15 is 0 Å². The van der Waals surface area contributed by atoms with Crippen molar-refractivity contribution in [3.05, 3.63) is 57.8 Å². The number of rotatable bonds is 3. The fourth-order valence-electron chi connectivity index (χ4n) is 1.63. The number of alkyl halides is 3. The van der Waals surface area contributed by atoms with Crippen LogP contribution in [0.3, 0.4) is 0 Å². The van der Waals surface area contributed by atoms with Gasteiger partial charge in [0.15, 0.2) is 0 Å². The van der Waals surface area contributed by atoms with Crippen LogP contribution in [0.25, 0.3) is 0 Å². The Morgan fingerprint density at radius 3 is 2.17 bits per heavy atom. The summed E-state index contributed by atoms with van der Waals surface area (Å²) in [5, 5.41) is 0.0231. The summed E-state index contributed by atoms with van der Waals surface area (Å²) in [4.78, 5) is -0.372. The molecule has 0 spiro atoms. The summed E-state index contributed by atoms with van der Waals surface area (Å²) in [6.07, 6.45) is -4.74. The predicted octanol–water partition coefficient (Wildman–Crippen LogP) is 4.95. The van der Waals surface area contributed by atoms with Gasteiger partial charge in [0, 0.05) is 0 Å². The molecule has 0 saturated heterocycles. The van der Waals surface area contributed by atoms with Gasteiger partial charge in [-0.25, -0.2) is 12.8 Å². The van der Waals surface area contributed by atoms with E-state index in [0.29, 0.717) is 18.2 Å². The highest BCUT2D eigenvalue weighted by atomic mass is 35.5. The zero-order valence-electron chi connectivity index (χ0n) is 11.0. The van der Waals surface area contributed by atoms with Gasteiger partial charge in [-0.1, -0.05) is 23.2 Å². The molecule has 0 aromatic heterocycles. The summed E-state index contributed by atoms with van der Waals surface area (Å²) in [5.74, 6) is -1.15. The maximum absolute atomic E-state index is 13.6. The minimum Gasteiger partial charge on any atom is -0.277 e. The number of hydrogen-bond donors (Lipinski definition) is 1. The number of nitrogens with one attached hydrogen (secondary N) is 1. The molecule has 2 aromatic rings. The van der Waals surface area contributed by atoms with E-state index in [0.717, 1.165) is 12.1 Å². The van der Waals surface area contributed by atoms with Crippen molar-refractivity contribution in [2.45, 2.75) is 11.1 Å². The van der Waals surface area contributed by atoms with Gasteiger partial charge in [-0.05, 0) is 36.4 Å². The van der Waals surface area contributed by atoms with Crippen LogP contribution in [0, 0.1) is 5.82 Å². The van der Waals surface area contributed by atoms with Crippen LogP contribution in [0.15, 0.2) is 41.3 Å². The van der Waals surface area contributed by atoms with Crippen LogP contribution in [0.2, 0.25) is 10.0 Å². The lowest BCUT2D eigenvalue weighted by Gasteiger charge is -2.12. The molecule has 0 atom stereocenters. The Kier molecular flexibility index (Phi) is 4.79. The summed E-state index contributed by atoms with van der Waals surface area (Å²) < 4.78 is 77.5. The molecular weight excluding hydrogens is 381 g/mol. The van der Waals surface area contributed by atoms with Crippen LogP contribution >= 0.6 is 23.2 Å². The summed E-state index contributed by atoms with van der Waals surface area (Å²) in [7, 11) is -4.34. The maximum Gasteiger partial charge on any atom is 0.416 e. The molecule has 1 N–H and O–H groups in total. The van der Waals surface area contributed by atoms with E-state index in [9.17, 15) is 26.0 Å². The van der Waals surface area contributed by atoms with Crippen molar-refractivity contribution in [2.24, 2.45) is 0 Å². The van der Waals surface area contributed by atoms with Crippen LogP contribution < -0.4 is 4.72 Å². The average molecular weight is 388 g/mol. The fraction of sp³-hybridized carbons (Fsp3) is 0.0769. The molecule has 0 radical (unpaired) electrons. The maximum atomic E-state index is 13.6. The predicted molar refractivity (Wildman–Crippen MR) is 78.7 cm³/mol. The Morgan fingerprint density at radius 2 is 1.61 bits per heavy atom. The van der Waals surface area contributed by atoms with Gasteiger partial charge in [0.25, 0.3) is 10.0 Å². The van der Waals surface area contributed by atoms with Gasteiger partial charge < -0.3 is 0 Å². The Bertz CT molecular complexity index is 854. The normalized spacial score (nSPS) is 12.3. The number of hydrogen-bond acceptors (Lipinski definition) is 2. The van der Waals surface area contributed by atoms with Crippen molar-refractivity contribution in [1.29, 1.82) is 0 Å². The average Bonchev–Trinajstić information content (AvgIpc) is 2.42. The van der Waals surface area contributed by atoms with Crippen LogP contribution in [0.4, 0.5) is 23.2 Å². The van der Waals surface area contributed by atoms with E-state index in [-0.39, 0.29) is 14.9 Å². The van der Waals surface area contributed by atoms with Crippen LogP contribution in [-0.4, -0.2) is 8.42 Å². The highest BCUT2D eigenvalue weighted by molar-refractivity contribution is 7.92. The third-order valence-corrected chi connectivity index (χ3v) is 4.84. The Morgan fingerprint density at radius 1 is 0.957 bits per heavy atom. The molecule has 0 unspecified atom stereocenters. The first-order chi connectivity index (χ1) is 10.5. The number of anilines is 1. The third kappa shape index (κ3) is 4.07. The lowest BCUT2D eigenvalue weighted by molar-refractivity contribution is -0.137. The van der Waals surface area contributed by atoms with Crippen molar-refractivity contribution in [2.75, 3.05) is 4.72 Å². The second kappa shape index (κ2) is 6.18. The molecule has 0 saturated carbocycles. The number of sulfonamides is 1. The van der Waals surface area contributed by atoms with E-state index in [2.05, 4.69) is 0 Å². The summed E-state index contributed by atoms with van der Waals surface area (Å²) in [6.45, 7) is 0. The standard InChI is InChI=1S/C13H7Cl2F4NO2S/c14-9-3-2-8(6-10(9)15)23(21,22)20-12-5-7(13(17,18)19)1-4-11(12)16/h1-6,20H. The quantitative estimate of drug-likeness (QED) is 0.757. The Hall–Kier alpha value is -1.51. The summed E-state index contributed by atoms with van der Waals surface area (Å²) in [5.41, 5.74) is -2.02. The second-order valence-corrected chi connectivity index (χ2v) is 6.87. The van der Waals surface area contributed by atoms with E-state index in [4.69, 9.17) is 23.2 Å². The molecule has 0 amide bonds. The minimum atomic E-state index is -4.74. The van der Waals surface area contributed by atoms with Gasteiger partial charge in [-0.15, -0.1) is 0 Å². The molecule has 0 aliphatic heterocycles. The first kappa shape index (κ1) is 17.8. The van der Waals surface area contributed by atoms with Crippen LogP contribution in [0.1, 0.15) is 5.56 Å². The molecule has 2 rings (SSSR count). The zero-order chi connectivity index (χ0) is 17.4. The van der Waals surface area contributed by atoms with E-state index < -0.39 is 33.3 Å². The smallest absolute Gasteiger partial charge is 0.277 e. The van der Waals surface area contributed by atoms with Crippen molar-refractivity contribution in [1.82, 2.24) is 0 Å². The molecule has 0 bridgehead atoms. The van der Waals surface area contributed by atoms with Crippen molar-refractivity contribution in [3.8, 4) is 0 Å². The lowest BCUT2D eigenvalue weighted by Crippen LogP contribution is -2.15. The van der Waals surface area contributed by atoms with Crippen molar-refractivity contribution >= 4 is 38.9 Å². The molecule has 23 heavy (non-hydrogen) atoms. The molecule has 0 aliphatic carbocycles. The number of halogens is 6. The van der Waals surface area contributed by atoms with Gasteiger partial charge in [0.2, 0.25) is 0 Å². The lowest BCUT2D eigenvalue weighted by atomic mass is 10.2. The van der Waals surface area contributed by atoms with Gasteiger partial charge in [-0.2, -0.15) is 13.2 Å². The molecule has 0 fully saturated rings.